The molecule has 2 aromatic carbocycles. The van der Waals surface area contributed by atoms with Gasteiger partial charge in [0.15, 0.2) is 12.2 Å². The molecule has 1 saturated heterocycles. The van der Waals surface area contributed by atoms with Gasteiger partial charge >= 0.3 is 11.9 Å². The van der Waals surface area contributed by atoms with Crippen LogP contribution in [-0.4, -0.2) is 65.2 Å². The van der Waals surface area contributed by atoms with Crippen molar-refractivity contribution < 1.29 is 38.5 Å². The van der Waals surface area contributed by atoms with Gasteiger partial charge in [0.2, 0.25) is 6.29 Å². The molecule has 0 saturated carbocycles. The van der Waals surface area contributed by atoms with Crippen LogP contribution in [0, 0.1) is 6.92 Å². The van der Waals surface area contributed by atoms with Crippen LogP contribution in [0.15, 0.2) is 54.6 Å². The third-order valence-corrected chi connectivity index (χ3v) is 6.95. The quantitative estimate of drug-likeness (QED) is 0.116. The van der Waals surface area contributed by atoms with Crippen LogP contribution in [0.3, 0.4) is 0 Å². The second kappa shape index (κ2) is 14.2. The zero-order valence-electron chi connectivity index (χ0n) is 24.1. The average molecular weight is 580 g/mol. The summed E-state index contributed by atoms with van der Waals surface area (Å²) in [6.07, 6.45) is -2.13. The fourth-order valence-corrected chi connectivity index (χ4v) is 4.93. The number of nitrogens with one attached hydrogen (secondary N) is 3. The van der Waals surface area contributed by atoms with Gasteiger partial charge < -0.3 is 29.6 Å². The predicted octanol–water partition coefficient (Wildman–Crippen LogP) is 2.84. The molecule has 224 valence electrons. The van der Waals surface area contributed by atoms with E-state index in [9.17, 15) is 19.5 Å². The van der Waals surface area contributed by atoms with E-state index in [1.807, 2.05) is 30.3 Å². The number of benzene rings is 2. The van der Waals surface area contributed by atoms with E-state index in [1.165, 1.54) is 29.6 Å². The van der Waals surface area contributed by atoms with E-state index in [-0.39, 0.29) is 0 Å². The number of carbonyl (C=O) groups is 3. The van der Waals surface area contributed by atoms with Crippen molar-refractivity contribution in [2.45, 2.75) is 71.4 Å². The predicted molar refractivity (Wildman–Crippen MR) is 155 cm³/mol. The van der Waals surface area contributed by atoms with Crippen molar-refractivity contribution in [2.75, 3.05) is 6.54 Å². The van der Waals surface area contributed by atoms with E-state index in [4.69, 9.17) is 19.0 Å². The van der Waals surface area contributed by atoms with Gasteiger partial charge in [-0.25, -0.2) is 10.3 Å². The maximum absolute atomic E-state index is 12.4. The molecule has 1 amide bonds. The van der Waals surface area contributed by atoms with Crippen molar-refractivity contribution >= 4 is 34.8 Å². The highest BCUT2D eigenvalue weighted by atomic mass is 16.8. The summed E-state index contributed by atoms with van der Waals surface area (Å²) in [5.41, 5.74) is 7.82. The van der Waals surface area contributed by atoms with E-state index in [2.05, 4.69) is 40.9 Å². The van der Waals surface area contributed by atoms with E-state index in [0.717, 1.165) is 36.5 Å². The molecule has 0 bridgehead atoms. The molecule has 11 heteroatoms. The fourth-order valence-electron chi connectivity index (χ4n) is 4.93. The second-order valence-corrected chi connectivity index (χ2v) is 10.2. The summed E-state index contributed by atoms with van der Waals surface area (Å²) in [6.45, 7) is 7.56. The van der Waals surface area contributed by atoms with Crippen LogP contribution in [0.25, 0.3) is 17.0 Å². The Hall–Kier alpha value is -4.03. The van der Waals surface area contributed by atoms with Gasteiger partial charge in [-0.15, -0.1) is 0 Å². The van der Waals surface area contributed by atoms with Crippen molar-refractivity contribution in [3.05, 3.63) is 77.0 Å². The van der Waals surface area contributed by atoms with Gasteiger partial charge in [0, 0.05) is 43.1 Å². The third-order valence-electron chi connectivity index (χ3n) is 6.95. The zero-order chi connectivity index (χ0) is 30.2. The van der Waals surface area contributed by atoms with Gasteiger partial charge in [-0.05, 0) is 55.6 Å². The van der Waals surface area contributed by atoms with E-state index >= 15 is 0 Å². The molecule has 5 atom stereocenters. The molecular formula is C31H37N3O8. The minimum absolute atomic E-state index is 0.595. The molecule has 3 aromatic rings. The van der Waals surface area contributed by atoms with E-state index in [0.29, 0.717) is 6.54 Å². The number of aromatic nitrogens is 1. The van der Waals surface area contributed by atoms with Gasteiger partial charge in [0.05, 0.1) is 6.10 Å². The molecule has 42 heavy (non-hydrogen) atoms. The Kier molecular flexibility index (Phi) is 10.5. The van der Waals surface area contributed by atoms with Crippen LogP contribution < -0.4 is 10.8 Å². The summed E-state index contributed by atoms with van der Waals surface area (Å²) in [4.78, 5) is 44.1. The highest BCUT2D eigenvalue weighted by Gasteiger charge is 2.48. The number of fused-ring (bicyclic) bond motifs is 1. The first-order valence-corrected chi connectivity index (χ1v) is 13.8. The molecule has 11 nitrogen and oxygen atoms in total. The SMILES string of the molecule is CC(=O)O[C@@H]1[C@H](ONC(=O)/C=C/c2ccc(CNCCc3c(C)[nH]c4ccccc34)cc2)O[C@@H](C)[C@@H](OC(C)=O)[C@H]1O. The smallest absolute Gasteiger partial charge is 0.303 e. The molecule has 2 heterocycles. The lowest BCUT2D eigenvalue weighted by Crippen LogP contribution is -2.60. The van der Waals surface area contributed by atoms with Crippen LogP contribution in [0.5, 0.6) is 0 Å². The highest BCUT2D eigenvalue weighted by Crippen LogP contribution is 2.26. The number of hydroxylamine groups is 1. The molecule has 4 rings (SSSR count). The number of aryl methyl sites for hydroxylation is 1. The lowest BCUT2D eigenvalue weighted by Gasteiger charge is -2.41. The number of aliphatic hydroxyl groups excluding tert-OH is 1. The van der Waals surface area contributed by atoms with Gasteiger partial charge in [0.25, 0.3) is 5.91 Å². The Bertz CT molecular complexity index is 1420. The number of carbonyl (C=O) groups excluding carboxylic acids is 3. The minimum atomic E-state index is -1.43. The number of para-hydroxylation sites is 1. The van der Waals surface area contributed by atoms with Gasteiger partial charge in [-0.1, -0.05) is 42.5 Å². The Balaban J connectivity index is 1.24. The molecule has 0 aliphatic carbocycles. The Morgan fingerprint density at radius 3 is 2.43 bits per heavy atom. The summed E-state index contributed by atoms with van der Waals surface area (Å²) in [6, 6.07) is 16.1. The van der Waals surface area contributed by atoms with Crippen molar-refractivity contribution in [3.63, 3.8) is 0 Å². The van der Waals surface area contributed by atoms with Crippen molar-refractivity contribution in [3.8, 4) is 0 Å². The maximum atomic E-state index is 12.4. The summed E-state index contributed by atoms with van der Waals surface area (Å²) in [7, 11) is 0. The van der Waals surface area contributed by atoms with E-state index < -0.39 is 48.6 Å². The lowest BCUT2D eigenvalue weighted by atomic mass is 9.99. The minimum Gasteiger partial charge on any atom is -0.457 e. The molecule has 1 aliphatic rings. The molecule has 0 radical (unpaired) electrons. The fraction of sp³-hybridized carbons (Fsp3) is 0.387. The summed E-state index contributed by atoms with van der Waals surface area (Å²) < 4.78 is 15.8. The van der Waals surface area contributed by atoms with Crippen LogP contribution in [0.1, 0.15) is 43.2 Å². The van der Waals surface area contributed by atoms with Crippen LogP contribution in [0.2, 0.25) is 0 Å². The number of rotatable bonds is 11. The first-order valence-electron chi connectivity index (χ1n) is 13.8. The molecule has 1 aromatic heterocycles. The topological polar surface area (TPSA) is 148 Å². The Morgan fingerprint density at radius 1 is 1.02 bits per heavy atom. The lowest BCUT2D eigenvalue weighted by molar-refractivity contribution is -0.309. The molecule has 1 fully saturated rings. The van der Waals surface area contributed by atoms with Gasteiger partial charge in [-0.3, -0.25) is 14.4 Å². The maximum Gasteiger partial charge on any atom is 0.303 e. The van der Waals surface area contributed by atoms with Crippen molar-refractivity contribution in [1.82, 2.24) is 15.8 Å². The van der Waals surface area contributed by atoms with Crippen molar-refractivity contribution in [2.24, 2.45) is 0 Å². The van der Waals surface area contributed by atoms with Crippen molar-refractivity contribution in [1.29, 1.82) is 0 Å². The standard InChI is InChI=1S/C31H37N3O8/c1-18-24(25-7-5-6-8-26(25)33-18)15-16-32-17-23-11-9-22(10-12-23)13-14-27(37)34-42-31-30(41-21(4)36)28(38)29(19(2)39-31)40-20(3)35/h5-14,19,28-33,38H,15-17H2,1-4H3,(H,34,37)/b14-13+/t19-,28+,29+,30-,31-/m0/s1. The number of H-pyrrole nitrogens is 1. The number of hydrogen-bond acceptors (Lipinski definition) is 9. The summed E-state index contributed by atoms with van der Waals surface area (Å²) >= 11 is 0. The number of aromatic amines is 1. The van der Waals surface area contributed by atoms with Crippen LogP contribution in [-0.2, 0) is 46.4 Å². The summed E-state index contributed by atoms with van der Waals surface area (Å²) in [5.74, 6) is -1.93. The second-order valence-electron chi connectivity index (χ2n) is 10.2. The highest BCUT2D eigenvalue weighted by molar-refractivity contribution is 5.91. The summed E-state index contributed by atoms with van der Waals surface area (Å²) in [5, 5.41) is 15.4. The van der Waals surface area contributed by atoms with Crippen LogP contribution >= 0.6 is 0 Å². The largest absolute Gasteiger partial charge is 0.457 e. The molecule has 0 spiro atoms. The molecule has 1 aliphatic heterocycles. The monoisotopic (exact) mass is 579 g/mol. The molecule has 0 unspecified atom stereocenters. The number of esters is 2. The normalized spacial score (nSPS) is 22.3. The first-order chi connectivity index (χ1) is 20.1. The number of amides is 1. The average Bonchev–Trinajstić information content (AvgIpc) is 3.27. The Labute approximate surface area is 244 Å². The van der Waals surface area contributed by atoms with Gasteiger partial charge in [0.1, 0.15) is 6.10 Å². The zero-order valence-corrected chi connectivity index (χ0v) is 24.1. The first kappa shape index (κ1) is 30.9. The van der Waals surface area contributed by atoms with E-state index in [1.54, 1.807) is 13.0 Å². The molecular weight excluding hydrogens is 542 g/mol. The van der Waals surface area contributed by atoms with Crippen LogP contribution in [0.4, 0.5) is 0 Å². The number of ether oxygens (including phenoxy) is 3. The number of hydrogen-bond donors (Lipinski definition) is 4. The number of aliphatic hydroxyl groups is 1. The Morgan fingerprint density at radius 2 is 1.71 bits per heavy atom. The molecule has 4 N–H and O–H groups in total. The van der Waals surface area contributed by atoms with Gasteiger partial charge in [-0.2, -0.15) is 0 Å². The third kappa shape index (κ3) is 8.04.